The number of hydrogen-bond donors (Lipinski definition) is 0. The number of nitrogens with zero attached hydrogens (tertiary/aromatic N) is 2. The summed E-state index contributed by atoms with van der Waals surface area (Å²) in [6, 6.07) is 9.69. The molecule has 3 heteroatoms. The number of carbonyl (C=O) groups is 1. The summed E-state index contributed by atoms with van der Waals surface area (Å²) in [5, 5.41) is 0. The van der Waals surface area contributed by atoms with Crippen molar-refractivity contribution in [3.63, 3.8) is 0 Å². The van der Waals surface area contributed by atoms with Gasteiger partial charge >= 0.3 is 0 Å². The number of amides is 1. The van der Waals surface area contributed by atoms with E-state index in [4.69, 9.17) is 0 Å². The van der Waals surface area contributed by atoms with Crippen LogP contribution in [0.1, 0.15) is 62.7 Å². The average molecular weight is 381 g/mol. The van der Waals surface area contributed by atoms with Gasteiger partial charge in [0.15, 0.2) is 0 Å². The molecule has 2 atom stereocenters. The summed E-state index contributed by atoms with van der Waals surface area (Å²) in [4.78, 5) is 17.4. The summed E-state index contributed by atoms with van der Waals surface area (Å²) >= 11 is 0. The summed E-state index contributed by atoms with van der Waals surface area (Å²) in [5.41, 5.74) is 1.33. The van der Waals surface area contributed by atoms with E-state index >= 15 is 0 Å². The van der Waals surface area contributed by atoms with Crippen LogP contribution in [0, 0.1) is 10.8 Å². The highest BCUT2D eigenvalue weighted by Crippen LogP contribution is 2.35. The maximum atomic E-state index is 12.8. The smallest absolute Gasteiger partial charge is 0.253 e. The van der Waals surface area contributed by atoms with Gasteiger partial charge in [-0.3, -0.25) is 4.79 Å². The van der Waals surface area contributed by atoms with Gasteiger partial charge in [0.05, 0.1) is 0 Å². The first kappa shape index (κ1) is 20.7. The quantitative estimate of drug-likeness (QED) is 0.608. The third-order valence-electron chi connectivity index (χ3n) is 6.46. The molecule has 3 nitrogen and oxygen atoms in total. The minimum Gasteiger partial charge on any atom is -0.377 e. The number of hydrogen-bond acceptors (Lipinski definition) is 2. The van der Waals surface area contributed by atoms with Gasteiger partial charge in [-0.25, -0.2) is 0 Å². The lowest BCUT2D eigenvalue weighted by Gasteiger charge is -2.41. The monoisotopic (exact) mass is 380 g/mol. The lowest BCUT2D eigenvalue weighted by Crippen LogP contribution is -2.44. The molecular formula is C25H36N2O. The highest BCUT2D eigenvalue weighted by molar-refractivity contribution is 5.94. The summed E-state index contributed by atoms with van der Waals surface area (Å²) in [7, 11) is 0. The maximum Gasteiger partial charge on any atom is 0.253 e. The van der Waals surface area contributed by atoms with Crippen molar-refractivity contribution in [3.05, 3.63) is 60.8 Å². The van der Waals surface area contributed by atoms with Gasteiger partial charge in [-0.1, -0.05) is 44.2 Å². The Morgan fingerprint density at radius 3 is 2.43 bits per heavy atom. The fraction of sp³-hybridized carbons (Fsp3) is 0.560. The van der Waals surface area contributed by atoms with Gasteiger partial charge in [0, 0.05) is 31.7 Å². The molecule has 0 radical (unpaired) electrons. The van der Waals surface area contributed by atoms with Gasteiger partial charge in [-0.15, -0.1) is 6.58 Å². The highest BCUT2D eigenvalue weighted by Gasteiger charge is 2.33. The number of piperidine rings is 2. The molecule has 0 aromatic heterocycles. The summed E-state index contributed by atoms with van der Waals surface area (Å²) < 4.78 is 0. The van der Waals surface area contributed by atoms with E-state index in [2.05, 4.69) is 48.6 Å². The first-order chi connectivity index (χ1) is 13.4. The van der Waals surface area contributed by atoms with Crippen LogP contribution in [0.5, 0.6) is 0 Å². The molecule has 0 spiro atoms. The lowest BCUT2D eigenvalue weighted by atomic mass is 9.78. The van der Waals surface area contributed by atoms with Crippen molar-refractivity contribution in [1.29, 1.82) is 0 Å². The van der Waals surface area contributed by atoms with E-state index in [9.17, 15) is 4.79 Å². The number of carbonyl (C=O) groups excluding carboxylic acids is 1. The third kappa shape index (κ3) is 5.27. The maximum absolute atomic E-state index is 12.8. The zero-order chi connectivity index (χ0) is 20.0. The Balaban J connectivity index is 1.56. The fourth-order valence-corrected chi connectivity index (χ4v) is 4.90. The molecule has 2 aliphatic rings. The SMILES string of the molecule is C=CC[C@]1(C)CCCN(/C=C/C[C@]2(C)CCCN(C(=O)c3ccccc3)C2)C1. The van der Waals surface area contributed by atoms with E-state index in [0.29, 0.717) is 5.41 Å². The zero-order valence-electron chi connectivity index (χ0n) is 17.7. The second-order valence-electron chi connectivity index (χ2n) is 9.47. The number of allylic oxidation sites excluding steroid dienone is 2. The Labute approximate surface area is 171 Å². The standard InChI is InChI=1S/C25H36N2O/c1-4-13-24(2)14-8-17-26(20-24)18-9-15-25(3)16-10-19-27(21-25)23(28)22-11-6-5-7-12-22/h4-7,9,11-12,18H,1,8,10,13-17,19-21H2,2-3H3/b18-9+/t24-,25-/m1/s1. The van der Waals surface area contributed by atoms with Crippen molar-refractivity contribution in [3.8, 4) is 0 Å². The van der Waals surface area contributed by atoms with Gasteiger partial charge in [-0.2, -0.15) is 0 Å². The van der Waals surface area contributed by atoms with Crippen LogP contribution in [0.15, 0.2) is 55.3 Å². The lowest BCUT2D eigenvalue weighted by molar-refractivity contribution is 0.0554. The van der Waals surface area contributed by atoms with Crippen LogP contribution in [0.4, 0.5) is 0 Å². The molecule has 0 unspecified atom stereocenters. The van der Waals surface area contributed by atoms with E-state index in [1.54, 1.807) is 0 Å². The van der Waals surface area contributed by atoms with Crippen molar-refractivity contribution >= 4 is 5.91 Å². The molecule has 3 rings (SSSR count). The average Bonchev–Trinajstić information content (AvgIpc) is 2.68. The zero-order valence-corrected chi connectivity index (χ0v) is 17.7. The van der Waals surface area contributed by atoms with Crippen LogP contribution in [-0.2, 0) is 0 Å². The second kappa shape index (κ2) is 8.98. The first-order valence-electron chi connectivity index (χ1n) is 10.8. The molecule has 2 fully saturated rings. The van der Waals surface area contributed by atoms with Crippen molar-refractivity contribution in [2.24, 2.45) is 10.8 Å². The summed E-state index contributed by atoms with van der Waals surface area (Å²) in [6.45, 7) is 12.6. The number of likely N-dealkylation sites (tertiary alicyclic amines) is 2. The normalized spacial score (nSPS) is 28.5. The van der Waals surface area contributed by atoms with Crippen LogP contribution in [0.3, 0.4) is 0 Å². The van der Waals surface area contributed by atoms with Crippen molar-refractivity contribution < 1.29 is 4.79 Å². The van der Waals surface area contributed by atoms with E-state index < -0.39 is 0 Å². The predicted molar refractivity (Wildman–Crippen MR) is 117 cm³/mol. The molecule has 2 saturated heterocycles. The molecule has 1 aromatic rings. The van der Waals surface area contributed by atoms with E-state index in [1.807, 2.05) is 30.3 Å². The highest BCUT2D eigenvalue weighted by atomic mass is 16.2. The van der Waals surface area contributed by atoms with Crippen LogP contribution in [0.25, 0.3) is 0 Å². The van der Waals surface area contributed by atoms with Crippen LogP contribution in [-0.4, -0.2) is 41.9 Å². The number of rotatable bonds is 6. The largest absolute Gasteiger partial charge is 0.377 e. The topological polar surface area (TPSA) is 23.6 Å². The molecule has 0 N–H and O–H groups in total. The Morgan fingerprint density at radius 1 is 1.04 bits per heavy atom. The molecule has 28 heavy (non-hydrogen) atoms. The van der Waals surface area contributed by atoms with Crippen molar-refractivity contribution in [2.75, 3.05) is 26.2 Å². The minimum absolute atomic E-state index is 0.166. The second-order valence-corrected chi connectivity index (χ2v) is 9.47. The molecule has 0 saturated carbocycles. The van der Waals surface area contributed by atoms with Crippen LogP contribution < -0.4 is 0 Å². The minimum atomic E-state index is 0.166. The molecule has 2 heterocycles. The van der Waals surface area contributed by atoms with Gasteiger partial charge in [0.2, 0.25) is 0 Å². The van der Waals surface area contributed by atoms with Gasteiger partial charge < -0.3 is 9.80 Å². The summed E-state index contributed by atoms with van der Waals surface area (Å²) in [6.07, 6.45) is 13.7. The summed E-state index contributed by atoms with van der Waals surface area (Å²) in [5.74, 6) is 0.173. The van der Waals surface area contributed by atoms with Crippen molar-refractivity contribution in [2.45, 2.75) is 52.4 Å². The fourth-order valence-electron chi connectivity index (χ4n) is 4.90. The molecule has 0 bridgehead atoms. The molecule has 1 aromatic carbocycles. The van der Waals surface area contributed by atoms with Crippen LogP contribution in [0.2, 0.25) is 0 Å². The van der Waals surface area contributed by atoms with Crippen LogP contribution >= 0.6 is 0 Å². The Hall–Kier alpha value is -2.03. The molecule has 1 amide bonds. The molecule has 0 aliphatic carbocycles. The predicted octanol–water partition coefficient (Wildman–Crippen LogP) is 5.51. The Bertz CT molecular complexity index is 698. The van der Waals surface area contributed by atoms with Gasteiger partial charge in [0.25, 0.3) is 5.91 Å². The number of benzene rings is 1. The van der Waals surface area contributed by atoms with Gasteiger partial charge in [-0.05, 0) is 67.7 Å². The van der Waals surface area contributed by atoms with E-state index in [0.717, 1.165) is 51.0 Å². The van der Waals surface area contributed by atoms with E-state index in [-0.39, 0.29) is 11.3 Å². The Morgan fingerprint density at radius 2 is 1.71 bits per heavy atom. The van der Waals surface area contributed by atoms with E-state index in [1.165, 1.54) is 19.3 Å². The van der Waals surface area contributed by atoms with Gasteiger partial charge in [0.1, 0.15) is 0 Å². The third-order valence-corrected chi connectivity index (χ3v) is 6.46. The van der Waals surface area contributed by atoms with Crippen molar-refractivity contribution in [1.82, 2.24) is 9.80 Å². The molecule has 152 valence electrons. The Kier molecular flexibility index (Phi) is 6.64. The molecule has 2 aliphatic heterocycles. The molecular weight excluding hydrogens is 344 g/mol. The first-order valence-corrected chi connectivity index (χ1v) is 10.8.